The lowest BCUT2D eigenvalue weighted by molar-refractivity contribution is 0.283. The number of aromatic nitrogens is 2. The number of unbranched alkanes of at least 4 members (excludes halogenated alkanes) is 2. The topological polar surface area (TPSA) is 58.0 Å². The van der Waals surface area contributed by atoms with Crippen LogP contribution < -0.4 is 5.32 Å². The zero-order valence-electron chi connectivity index (χ0n) is 12.3. The van der Waals surface area contributed by atoms with E-state index >= 15 is 0 Å². The first-order valence-corrected chi connectivity index (χ1v) is 7.13. The van der Waals surface area contributed by atoms with Crippen molar-refractivity contribution in [1.82, 2.24) is 9.97 Å². The first kappa shape index (κ1) is 16.2. The van der Waals surface area contributed by atoms with Crippen LogP contribution in [0.5, 0.6) is 0 Å². The lowest BCUT2D eigenvalue weighted by Crippen LogP contribution is -2.18. The Morgan fingerprint density at radius 1 is 1.16 bits per heavy atom. The molecule has 4 nitrogen and oxygen atoms in total. The second-order valence-electron chi connectivity index (χ2n) is 5.77. The van der Waals surface area contributed by atoms with E-state index in [2.05, 4.69) is 36.1 Å². The van der Waals surface area contributed by atoms with Crippen molar-refractivity contribution in [3.63, 3.8) is 0 Å². The Morgan fingerprint density at radius 2 is 1.84 bits per heavy atom. The van der Waals surface area contributed by atoms with Crippen LogP contribution in [0.2, 0.25) is 5.15 Å². The molecule has 1 heterocycles. The molecule has 2 N–H and O–H groups in total. The minimum atomic E-state index is -0.120. The van der Waals surface area contributed by atoms with E-state index in [0.717, 1.165) is 43.0 Å². The van der Waals surface area contributed by atoms with Crippen LogP contribution in [0.3, 0.4) is 0 Å². The van der Waals surface area contributed by atoms with Crippen molar-refractivity contribution in [3.8, 4) is 0 Å². The molecule has 0 aliphatic rings. The molecular formula is C14H24ClN3O. The van der Waals surface area contributed by atoms with Crippen LogP contribution >= 0.6 is 11.6 Å². The fraction of sp³-hybridized carbons (Fsp3) is 0.714. The minimum absolute atomic E-state index is 0.120. The number of aliphatic hydroxyl groups is 1. The van der Waals surface area contributed by atoms with Gasteiger partial charge in [-0.05, 0) is 26.2 Å². The molecule has 19 heavy (non-hydrogen) atoms. The predicted octanol–water partition coefficient (Wildman–Crippen LogP) is 3.31. The van der Waals surface area contributed by atoms with Gasteiger partial charge in [-0.1, -0.05) is 32.4 Å². The van der Waals surface area contributed by atoms with Gasteiger partial charge in [-0.15, -0.1) is 0 Å². The molecule has 0 unspecified atom stereocenters. The number of anilines is 1. The lowest BCUT2D eigenvalue weighted by Gasteiger charge is -2.19. The van der Waals surface area contributed by atoms with E-state index in [4.69, 9.17) is 16.7 Å². The molecule has 0 bridgehead atoms. The normalized spacial score (nSPS) is 11.7. The van der Waals surface area contributed by atoms with Crippen molar-refractivity contribution in [2.45, 2.75) is 52.4 Å². The monoisotopic (exact) mass is 285 g/mol. The van der Waals surface area contributed by atoms with Gasteiger partial charge in [0.2, 0.25) is 0 Å². The maximum absolute atomic E-state index is 8.73. The Bertz CT molecular complexity index is 416. The molecule has 1 aromatic heterocycles. The molecule has 1 rings (SSSR count). The SMILES string of the molecule is Cc1c(Cl)nc(C(C)(C)C)nc1NCCCCCO. The highest BCUT2D eigenvalue weighted by Crippen LogP contribution is 2.26. The zero-order valence-corrected chi connectivity index (χ0v) is 13.0. The molecule has 108 valence electrons. The van der Waals surface area contributed by atoms with Gasteiger partial charge in [0, 0.05) is 24.1 Å². The molecule has 0 spiro atoms. The summed E-state index contributed by atoms with van der Waals surface area (Å²) in [5, 5.41) is 12.6. The Labute approximate surface area is 120 Å². The summed E-state index contributed by atoms with van der Waals surface area (Å²) in [4.78, 5) is 8.91. The molecule has 0 aromatic carbocycles. The highest BCUT2D eigenvalue weighted by molar-refractivity contribution is 6.30. The van der Waals surface area contributed by atoms with Gasteiger partial charge in [-0.3, -0.25) is 0 Å². The summed E-state index contributed by atoms with van der Waals surface area (Å²) in [5.74, 6) is 1.56. The molecule has 0 atom stereocenters. The van der Waals surface area contributed by atoms with Gasteiger partial charge >= 0.3 is 0 Å². The molecule has 0 aliphatic carbocycles. The largest absolute Gasteiger partial charge is 0.396 e. The van der Waals surface area contributed by atoms with Gasteiger partial charge in [0.15, 0.2) is 0 Å². The zero-order chi connectivity index (χ0) is 14.5. The molecular weight excluding hydrogens is 262 g/mol. The second-order valence-corrected chi connectivity index (χ2v) is 6.13. The van der Waals surface area contributed by atoms with Crippen LogP contribution in [0.4, 0.5) is 5.82 Å². The van der Waals surface area contributed by atoms with Crippen molar-refractivity contribution in [1.29, 1.82) is 0 Å². The van der Waals surface area contributed by atoms with E-state index in [0.29, 0.717) is 5.15 Å². The lowest BCUT2D eigenvalue weighted by atomic mass is 9.95. The molecule has 5 heteroatoms. The summed E-state index contributed by atoms with van der Waals surface area (Å²) in [6.07, 6.45) is 2.86. The summed E-state index contributed by atoms with van der Waals surface area (Å²) < 4.78 is 0. The van der Waals surface area contributed by atoms with Crippen LogP contribution in [0.15, 0.2) is 0 Å². The maximum Gasteiger partial charge on any atom is 0.137 e. The van der Waals surface area contributed by atoms with Crippen LogP contribution in [-0.4, -0.2) is 28.2 Å². The van der Waals surface area contributed by atoms with Crippen molar-refractivity contribution in [2.24, 2.45) is 0 Å². The highest BCUT2D eigenvalue weighted by Gasteiger charge is 2.20. The molecule has 1 aromatic rings. The second kappa shape index (κ2) is 7.06. The van der Waals surface area contributed by atoms with Crippen LogP contribution in [0, 0.1) is 6.92 Å². The first-order valence-electron chi connectivity index (χ1n) is 6.75. The van der Waals surface area contributed by atoms with Gasteiger partial charge in [-0.25, -0.2) is 9.97 Å². The molecule has 0 saturated carbocycles. The quantitative estimate of drug-likeness (QED) is 0.622. The molecule has 0 aliphatic heterocycles. The fourth-order valence-electron chi connectivity index (χ4n) is 1.62. The number of hydrogen-bond donors (Lipinski definition) is 2. The summed E-state index contributed by atoms with van der Waals surface area (Å²) in [6.45, 7) is 9.21. The van der Waals surface area contributed by atoms with Crippen LogP contribution in [0.25, 0.3) is 0 Å². The molecule has 0 saturated heterocycles. The Morgan fingerprint density at radius 3 is 2.42 bits per heavy atom. The Kier molecular flexibility index (Phi) is 6.01. The third-order valence-corrected chi connectivity index (χ3v) is 3.25. The summed E-state index contributed by atoms with van der Waals surface area (Å²) >= 11 is 6.16. The van der Waals surface area contributed by atoms with Crippen molar-refractivity contribution >= 4 is 17.4 Å². The third-order valence-electron chi connectivity index (χ3n) is 2.88. The number of nitrogens with one attached hydrogen (secondary N) is 1. The van der Waals surface area contributed by atoms with Crippen molar-refractivity contribution < 1.29 is 5.11 Å². The van der Waals surface area contributed by atoms with E-state index in [1.165, 1.54) is 0 Å². The summed E-state index contributed by atoms with van der Waals surface area (Å²) in [7, 11) is 0. The Hall–Kier alpha value is -0.870. The van der Waals surface area contributed by atoms with Crippen molar-refractivity contribution in [2.75, 3.05) is 18.5 Å². The smallest absolute Gasteiger partial charge is 0.137 e. The minimum Gasteiger partial charge on any atom is -0.396 e. The predicted molar refractivity (Wildman–Crippen MR) is 79.9 cm³/mol. The number of aliphatic hydroxyl groups excluding tert-OH is 1. The van der Waals surface area contributed by atoms with Crippen molar-refractivity contribution in [3.05, 3.63) is 16.5 Å². The number of rotatable bonds is 6. The first-order chi connectivity index (χ1) is 8.86. The van der Waals surface area contributed by atoms with E-state index in [-0.39, 0.29) is 12.0 Å². The van der Waals surface area contributed by atoms with E-state index in [1.54, 1.807) is 0 Å². The molecule has 0 fully saturated rings. The maximum atomic E-state index is 8.73. The van der Waals surface area contributed by atoms with Gasteiger partial charge in [-0.2, -0.15) is 0 Å². The Balaban J connectivity index is 2.74. The summed E-state index contributed by atoms with van der Waals surface area (Å²) in [5.41, 5.74) is 0.766. The van der Waals surface area contributed by atoms with Crippen LogP contribution in [-0.2, 0) is 5.41 Å². The number of hydrogen-bond acceptors (Lipinski definition) is 4. The van der Waals surface area contributed by atoms with Crippen LogP contribution in [0.1, 0.15) is 51.4 Å². The van der Waals surface area contributed by atoms with Gasteiger partial charge in [0.05, 0.1) is 0 Å². The number of nitrogens with zero attached hydrogens (tertiary/aromatic N) is 2. The number of halogens is 1. The fourth-order valence-corrected chi connectivity index (χ4v) is 1.79. The van der Waals surface area contributed by atoms with E-state index in [9.17, 15) is 0 Å². The van der Waals surface area contributed by atoms with E-state index < -0.39 is 0 Å². The average molecular weight is 286 g/mol. The standard InChI is InChI=1S/C14H24ClN3O/c1-10-11(15)17-13(14(2,3)4)18-12(10)16-8-6-5-7-9-19/h19H,5-9H2,1-4H3,(H,16,17,18). The van der Waals surface area contributed by atoms with Gasteiger partial charge in [0.25, 0.3) is 0 Å². The van der Waals surface area contributed by atoms with Gasteiger partial charge < -0.3 is 10.4 Å². The third kappa shape index (κ3) is 4.96. The van der Waals surface area contributed by atoms with Gasteiger partial charge in [0.1, 0.15) is 16.8 Å². The molecule has 0 radical (unpaired) electrons. The highest BCUT2D eigenvalue weighted by atomic mass is 35.5. The average Bonchev–Trinajstić information content (AvgIpc) is 2.32. The molecule has 0 amide bonds. The van der Waals surface area contributed by atoms with E-state index in [1.807, 2.05) is 6.92 Å². The summed E-state index contributed by atoms with van der Waals surface area (Å²) in [6, 6.07) is 0.